The number of aliphatic hydroxyl groups is 3. The molecule has 1 aliphatic heterocycles. The van der Waals surface area contributed by atoms with Gasteiger partial charge in [-0.15, -0.1) is 0 Å². The first kappa shape index (κ1) is 19.8. The van der Waals surface area contributed by atoms with Crippen LogP contribution in [0.15, 0.2) is 36.0 Å². The van der Waals surface area contributed by atoms with E-state index >= 15 is 0 Å². The highest BCUT2D eigenvalue weighted by Gasteiger charge is 2.69. The Morgan fingerprint density at radius 1 is 1.33 bits per heavy atom. The second-order valence-corrected chi connectivity index (χ2v) is 8.18. The Morgan fingerprint density at radius 3 is 2.56 bits per heavy atom. The minimum atomic E-state index is -1.87. The number of hydrogen-bond acceptors (Lipinski definition) is 7. The molecule has 7 atom stereocenters. The van der Waals surface area contributed by atoms with Crippen molar-refractivity contribution in [1.29, 1.82) is 0 Å². The molecule has 7 heteroatoms. The molecule has 0 spiro atoms. The molecule has 0 aromatic heterocycles. The van der Waals surface area contributed by atoms with Gasteiger partial charge in [-0.1, -0.05) is 24.8 Å². The van der Waals surface area contributed by atoms with Crippen LogP contribution in [-0.4, -0.2) is 56.3 Å². The van der Waals surface area contributed by atoms with Gasteiger partial charge in [0.2, 0.25) is 0 Å². The fourth-order valence-electron chi connectivity index (χ4n) is 4.51. The molecule has 148 valence electrons. The minimum absolute atomic E-state index is 0.0960. The summed E-state index contributed by atoms with van der Waals surface area (Å²) in [6, 6.07) is 0. The van der Waals surface area contributed by atoms with E-state index in [1.165, 1.54) is 26.0 Å². The quantitative estimate of drug-likeness (QED) is 0.370. The van der Waals surface area contributed by atoms with Crippen LogP contribution in [0.2, 0.25) is 0 Å². The fraction of sp³-hybridized carbons (Fsp3) is 0.600. The molecular weight excluding hydrogens is 352 g/mol. The molecule has 27 heavy (non-hydrogen) atoms. The van der Waals surface area contributed by atoms with Crippen molar-refractivity contribution in [3.63, 3.8) is 0 Å². The van der Waals surface area contributed by atoms with E-state index in [4.69, 9.17) is 9.47 Å². The zero-order valence-corrected chi connectivity index (χ0v) is 15.9. The average molecular weight is 378 g/mol. The van der Waals surface area contributed by atoms with Crippen LogP contribution in [0.1, 0.15) is 34.1 Å². The molecule has 0 aromatic rings. The van der Waals surface area contributed by atoms with Gasteiger partial charge in [-0.2, -0.15) is 0 Å². The van der Waals surface area contributed by atoms with Crippen LogP contribution in [0.5, 0.6) is 0 Å². The summed E-state index contributed by atoms with van der Waals surface area (Å²) in [4.78, 5) is 24.6. The largest absolute Gasteiger partial charge is 0.458 e. The molecule has 0 unspecified atom stereocenters. The lowest BCUT2D eigenvalue weighted by atomic mass is 9.70. The third-order valence-corrected chi connectivity index (χ3v) is 6.24. The molecule has 0 bridgehead atoms. The summed E-state index contributed by atoms with van der Waals surface area (Å²) in [6.07, 6.45) is 2.22. The van der Waals surface area contributed by atoms with Gasteiger partial charge in [0.25, 0.3) is 0 Å². The SMILES string of the molecule is C=C1C(=O)O[C@@H]2[C@@H]1[C@@H](OC(=O)/C(C)=C\C)C[C@@](C)(O)[C@]1(O)C=C[C@@](C)(O)[C@@H]21. The van der Waals surface area contributed by atoms with E-state index in [2.05, 4.69) is 6.58 Å². The number of hydrogen-bond donors (Lipinski definition) is 3. The van der Waals surface area contributed by atoms with Gasteiger partial charge in [0.05, 0.1) is 23.0 Å². The van der Waals surface area contributed by atoms with Crippen LogP contribution in [0.4, 0.5) is 0 Å². The first-order valence-electron chi connectivity index (χ1n) is 8.97. The third-order valence-electron chi connectivity index (χ3n) is 6.24. The van der Waals surface area contributed by atoms with Gasteiger partial charge in [-0.25, -0.2) is 9.59 Å². The molecular formula is C20H26O7. The lowest BCUT2D eigenvalue weighted by Crippen LogP contribution is -2.60. The van der Waals surface area contributed by atoms with Crippen LogP contribution in [0, 0.1) is 11.8 Å². The lowest BCUT2D eigenvalue weighted by Gasteiger charge is -2.44. The van der Waals surface area contributed by atoms with E-state index in [1.807, 2.05) is 0 Å². The zero-order chi connectivity index (χ0) is 20.4. The van der Waals surface area contributed by atoms with Crippen LogP contribution in [-0.2, 0) is 19.1 Å². The van der Waals surface area contributed by atoms with E-state index in [-0.39, 0.29) is 12.0 Å². The van der Waals surface area contributed by atoms with E-state index in [0.29, 0.717) is 5.57 Å². The summed E-state index contributed by atoms with van der Waals surface area (Å²) in [5, 5.41) is 33.3. The molecule has 0 radical (unpaired) electrons. The highest BCUT2D eigenvalue weighted by molar-refractivity contribution is 5.92. The fourth-order valence-corrected chi connectivity index (χ4v) is 4.51. The Morgan fingerprint density at radius 2 is 1.96 bits per heavy atom. The molecule has 3 rings (SSSR count). The maximum Gasteiger partial charge on any atom is 0.334 e. The van der Waals surface area contributed by atoms with Crippen molar-refractivity contribution in [1.82, 2.24) is 0 Å². The van der Waals surface area contributed by atoms with Crippen LogP contribution in [0.3, 0.4) is 0 Å². The van der Waals surface area contributed by atoms with Crippen molar-refractivity contribution < 1.29 is 34.4 Å². The molecule has 1 saturated heterocycles. The Balaban J connectivity index is 2.11. The van der Waals surface area contributed by atoms with Gasteiger partial charge in [-0.3, -0.25) is 0 Å². The van der Waals surface area contributed by atoms with E-state index in [9.17, 15) is 24.9 Å². The third kappa shape index (κ3) is 2.76. The molecule has 0 aromatic carbocycles. The molecule has 3 N–H and O–H groups in total. The normalized spacial score (nSPS) is 46.6. The van der Waals surface area contributed by atoms with Gasteiger partial charge in [-0.05, 0) is 27.7 Å². The summed E-state index contributed by atoms with van der Waals surface area (Å²) in [6.45, 7) is 9.95. The molecule has 3 aliphatic rings. The summed E-state index contributed by atoms with van der Waals surface area (Å²) in [7, 11) is 0. The molecule has 1 heterocycles. The lowest BCUT2D eigenvalue weighted by molar-refractivity contribution is -0.190. The minimum Gasteiger partial charge on any atom is -0.458 e. The van der Waals surface area contributed by atoms with Crippen molar-refractivity contribution >= 4 is 11.9 Å². The highest BCUT2D eigenvalue weighted by Crippen LogP contribution is 2.55. The topological polar surface area (TPSA) is 113 Å². The maximum absolute atomic E-state index is 12.3. The van der Waals surface area contributed by atoms with Crippen molar-refractivity contribution in [2.75, 3.05) is 0 Å². The van der Waals surface area contributed by atoms with Gasteiger partial charge >= 0.3 is 11.9 Å². The molecule has 7 nitrogen and oxygen atoms in total. The number of allylic oxidation sites excluding steroid dienone is 1. The predicted molar refractivity (Wildman–Crippen MR) is 95.3 cm³/mol. The second kappa shape index (κ2) is 6.02. The van der Waals surface area contributed by atoms with E-state index in [0.717, 1.165) is 0 Å². The Kier molecular flexibility index (Phi) is 4.41. The molecule has 1 saturated carbocycles. The summed E-state index contributed by atoms with van der Waals surface area (Å²) in [5.41, 5.74) is -4.69. The molecule has 2 aliphatic carbocycles. The highest BCUT2D eigenvalue weighted by atomic mass is 16.6. The molecule has 2 fully saturated rings. The van der Waals surface area contributed by atoms with Crippen molar-refractivity contribution in [3.8, 4) is 0 Å². The summed E-state index contributed by atoms with van der Waals surface area (Å²) < 4.78 is 11.0. The first-order valence-corrected chi connectivity index (χ1v) is 8.97. The maximum atomic E-state index is 12.3. The smallest absolute Gasteiger partial charge is 0.334 e. The second-order valence-electron chi connectivity index (χ2n) is 8.18. The van der Waals surface area contributed by atoms with Crippen molar-refractivity contribution in [2.24, 2.45) is 11.8 Å². The van der Waals surface area contributed by atoms with Gasteiger partial charge in [0.1, 0.15) is 17.8 Å². The number of ether oxygens (including phenoxy) is 2. The monoisotopic (exact) mass is 378 g/mol. The van der Waals surface area contributed by atoms with Crippen molar-refractivity contribution in [2.45, 2.75) is 63.1 Å². The Hall–Kier alpha value is -1.96. The first-order chi connectivity index (χ1) is 12.4. The summed E-state index contributed by atoms with van der Waals surface area (Å²) >= 11 is 0. The number of esters is 2. The number of rotatable bonds is 2. The van der Waals surface area contributed by atoms with Crippen LogP contribution < -0.4 is 0 Å². The number of carbonyl (C=O) groups excluding carboxylic acids is 2. The number of fused-ring (bicyclic) bond motifs is 3. The standard InChI is InChI=1S/C20H26O7/c1-6-10(2)16(21)26-12-9-19(5,24)20(25)8-7-18(4,23)15(20)14-13(12)11(3)17(22)27-14/h6-8,12-15,23-25H,3,9H2,1-2,4-5H3/b10-6-/t12-,13-,14+,15+,18+,19+,20-/m0/s1. The van der Waals surface area contributed by atoms with Gasteiger partial charge in [0, 0.05) is 17.6 Å². The van der Waals surface area contributed by atoms with Crippen LogP contribution in [0.25, 0.3) is 0 Å². The molecule has 0 amide bonds. The number of carbonyl (C=O) groups is 2. The van der Waals surface area contributed by atoms with E-state index < -0.39 is 52.8 Å². The summed E-state index contributed by atoms with van der Waals surface area (Å²) in [5.74, 6) is -3.09. The van der Waals surface area contributed by atoms with Crippen molar-refractivity contribution in [3.05, 3.63) is 36.0 Å². The average Bonchev–Trinajstić information content (AvgIpc) is 2.96. The van der Waals surface area contributed by atoms with Gasteiger partial charge < -0.3 is 24.8 Å². The zero-order valence-electron chi connectivity index (χ0n) is 15.9. The van der Waals surface area contributed by atoms with Crippen LogP contribution >= 0.6 is 0 Å². The Bertz CT molecular complexity index is 760. The van der Waals surface area contributed by atoms with E-state index in [1.54, 1.807) is 19.9 Å². The predicted octanol–water partition coefficient (Wildman–Crippen LogP) is 0.785. The van der Waals surface area contributed by atoms with Gasteiger partial charge in [0.15, 0.2) is 0 Å². The Labute approximate surface area is 158 Å².